The van der Waals surface area contributed by atoms with Gasteiger partial charge in [-0.25, -0.2) is 14.4 Å². The maximum Gasteiger partial charge on any atom is 0.343 e. The Morgan fingerprint density at radius 1 is 0.771 bits per heavy atom. The lowest BCUT2D eigenvalue weighted by atomic mass is 10.2. The fraction of sp³-hybridized carbons (Fsp3) is 0.200. The Morgan fingerprint density at radius 3 is 1.91 bits per heavy atom. The molecule has 0 atom stereocenters. The van der Waals surface area contributed by atoms with Crippen molar-refractivity contribution in [1.82, 2.24) is 0 Å². The van der Waals surface area contributed by atoms with Crippen molar-refractivity contribution in [3.05, 3.63) is 78.4 Å². The van der Waals surface area contributed by atoms with Crippen LogP contribution in [0, 0.1) is 0 Å². The smallest absolute Gasteiger partial charge is 0.343 e. The molecule has 0 heterocycles. The van der Waals surface area contributed by atoms with E-state index in [1.165, 1.54) is 43.5 Å². The lowest BCUT2D eigenvalue weighted by Gasteiger charge is -2.09. The molecule has 10 nitrogen and oxygen atoms in total. The van der Waals surface area contributed by atoms with E-state index in [-0.39, 0.29) is 47.8 Å². The highest BCUT2D eigenvalue weighted by atomic mass is 16.6. The third-order valence-corrected chi connectivity index (χ3v) is 4.27. The van der Waals surface area contributed by atoms with Gasteiger partial charge in [0.15, 0.2) is 0 Å². The van der Waals surface area contributed by atoms with E-state index in [1.807, 2.05) is 0 Å². The third-order valence-electron chi connectivity index (χ3n) is 4.27. The lowest BCUT2D eigenvalue weighted by molar-refractivity contribution is -0.141. The second-order valence-corrected chi connectivity index (χ2v) is 6.88. The van der Waals surface area contributed by atoms with E-state index in [1.54, 1.807) is 12.1 Å². The first-order chi connectivity index (χ1) is 16.7. The lowest BCUT2D eigenvalue weighted by Crippen LogP contribution is -2.15. The number of carbonyl (C=O) groups is 4. The molecule has 1 N–H and O–H groups in total. The molecule has 2 aromatic rings. The van der Waals surface area contributed by atoms with E-state index in [9.17, 15) is 19.2 Å². The van der Waals surface area contributed by atoms with Gasteiger partial charge in [0, 0.05) is 5.57 Å². The predicted molar refractivity (Wildman–Crippen MR) is 122 cm³/mol. The molecule has 0 spiro atoms. The van der Waals surface area contributed by atoms with Crippen molar-refractivity contribution in [2.45, 2.75) is 6.42 Å². The molecule has 2 rings (SSSR count). The standard InChI is InChI=1S/C25H24O10/c1-16(14-22(27)31-3)24(29)34-20-8-10-21(11-9-20)35-25(30)18-4-6-19(7-5-18)32-12-13-33-23(28)17(2)15-26/h4-11,26H,1-2,12-15H2,3H3. The van der Waals surface area contributed by atoms with Crippen LogP contribution in [0.4, 0.5) is 0 Å². The number of carbonyl (C=O) groups excluding carboxylic acids is 4. The van der Waals surface area contributed by atoms with Gasteiger partial charge in [0.25, 0.3) is 0 Å². The molecule has 0 saturated heterocycles. The number of aliphatic hydroxyl groups excluding tert-OH is 1. The zero-order valence-electron chi connectivity index (χ0n) is 19.0. The normalized spacial score (nSPS) is 10.0. The van der Waals surface area contributed by atoms with E-state index in [4.69, 9.17) is 24.1 Å². The van der Waals surface area contributed by atoms with Crippen molar-refractivity contribution in [2.24, 2.45) is 0 Å². The molecule has 0 aromatic heterocycles. The molecule has 0 saturated carbocycles. The van der Waals surface area contributed by atoms with Gasteiger partial charge in [0.05, 0.1) is 31.3 Å². The summed E-state index contributed by atoms with van der Waals surface area (Å²) in [5.41, 5.74) is 0.149. The van der Waals surface area contributed by atoms with Gasteiger partial charge in [-0.05, 0) is 48.5 Å². The zero-order chi connectivity index (χ0) is 25.8. The summed E-state index contributed by atoms with van der Waals surface area (Å²) in [7, 11) is 1.20. The van der Waals surface area contributed by atoms with Crippen LogP contribution in [-0.4, -0.2) is 55.9 Å². The molecular weight excluding hydrogens is 460 g/mol. The van der Waals surface area contributed by atoms with Crippen molar-refractivity contribution >= 4 is 23.9 Å². The van der Waals surface area contributed by atoms with Crippen LogP contribution >= 0.6 is 0 Å². The summed E-state index contributed by atoms with van der Waals surface area (Å²) < 4.78 is 25.1. The first-order valence-corrected chi connectivity index (χ1v) is 10.2. The Hall–Kier alpha value is -4.44. The summed E-state index contributed by atoms with van der Waals surface area (Å²) in [4.78, 5) is 46.8. The number of hydrogen-bond donors (Lipinski definition) is 1. The highest BCUT2D eigenvalue weighted by Crippen LogP contribution is 2.21. The number of rotatable bonds is 12. The molecular formula is C25H24O10. The van der Waals surface area contributed by atoms with E-state index in [0.29, 0.717) is 5.75 Å². The Balaban J connectivity index is 1.82. The SMILES string of the molecule is C=C(CO)C(=O)OCCOc1ccc(C(=O)Oc2ccc(OC(=O)C(=C)CC(=O)OC)cc2)cc1. The van der Waals surface area contributed by atoms with Crippen LogP contribution < -0.4 is 14.2 Å². The van der Waals surface area contributed by atoms with Crippen LogP contribution in [0.15, 0.2) is 72.8 Å². The number of esters is 4. The fourth-order valence-electron chi connectivity index (χ4n) is 2.39. The molecule has 35 heavy (non-hydrogen) atoms. The van der Waals surface area contributed by atoms with Crippen molar-refractivity contribution in [3.8, 4) is 17.2 Å². The molecule has 2 aromatic carbocycles. The van der Waals surface area contributed by atoms with Crippen molar-refractivity contribution in [2.75, 3.05) is 26.9 Å². The molecule has 10 heteroatoms. The van der Waals surface area contributed by atoms with Crippen molar-refractivity contribution < 1.29 is 48.0 Å². The van der Waals surface area contributed by atoms with Crippen LogP contribution in [-0.2, 0) is 23.9 Å². The van der Waals surface area contributed by atoms with Crippen LogP contribution in [0.2, 0.25) is 0 Å². The van der Waals surface area contributed by atoms with E-state index in [0.717, 1.165) is 0 Å². The molecule has 0 fully saturated rings. The number of aliphatic hydroxyl groups is 1. The fourth-order valence-corrected chi connectivity index (χ4v) is 2.39. The van der Waals surface area contributed by atoms with Gasteiger partial charge in [0.2, 0.25) is 0 Å². The Bertz CT molecular complexity index is 1080. The summed E-state index contributed by atoms with van der Waals surface area (Å²) in [5, 5.41) is 8.79. The minimum Gasteiger partial charge on any atom is -0.490 e. The minimum atomic E-state index is -0.781. The maximum atomic E-state index is 12.3. The molecule has 0 amide bonds. The Labute approximate surface area is 201 Å². The summed E-state index contributed by atoms with van der Waals surface area (Å²) in [6.07, 6.45) is -0.289. The van der Waals surface area contributed by atoms with Crippen molar-refractivity contribution in [3.63, 3.8) is 0 Å². The van der Waals surface area contributed by atoms with Gasteiger partial charge in [-0.3, -0.25) is 4.79 Å². The largest absolute Gasteiger partial charge is 0.490 e. The highest BCUT2D eigenvalue weighted by Gasteiger charge is 2.15. The quantitative estimate of drug-likeness (QED) is 0.207. The molecule has 184 valence electrons. The second-order valence-electron chi connectivity index (χ2n) is 6.88. The molecule has 0 aliphatic carbocycles. The molecule has 0 bridgehead atoms. The minimum absolute atomic E-state index is 0.0354. The number of benzene rings is 2. The first-order valence-electron chi connectivity index (χ1n) is 10.2. The van der Waals surface area contributed by atoms with E-state index in [2.05, 4.69) is 17.9 Å². The molecule has 0 radical (unpaired) electrons. The third kappa shape index (κ3) is 8.78. The Kier molecular flexibility index (Phi) is 10.2. The Morgan fingerprint density at radius 2 is 1.34 bits per heavy atom. The maximum absolute atomic E-state index is 12.3. The predicted octanol–water partition coefficient (Wildman–Crippen LogP) is 2.40. The summed E-state index contributed by atoms with van der Waals surface area (Å²) in [5.74, 6) is -1.88. The van der Waals surface area contributed by atoms with Gasteiger partial charge in [-0.15, -0.1) is 0 Å². The number of methoxy groups -OCH3 is 1. The van der Waals surface area contributed by atoms with E-state index >= 15 is 0 Å². The highest BCUT2D eigenvalue weighted by molar-refractivity contribution is 5.94. The number of ether oxygens (including phenoxy) is 5. The van der Waals surface area contributed by atoms with Crippen molar-refractivity contribution in [1.29, 1.82) is 0 Å². The first kappa shape index (κ1) is 26.8. The second kappa shape index (κ2) is 13.3. The molecule has 0 aliphatic rings. The monoisotopic (exact) mass is 484 g/mol. The van der Waals surface area contributed by atoms with Gasteiger partial charge >= 0.3 is 23.9 Å². The van der Waals surface area contributed by atoms with Gasteiger partial charge in [-0.1, -0.05) is 13.2 Å². The number of hydrogen-bond acceptors (Lipinski definition) is 10. The van der Waals surface area contributed by atoms with Gasteiger partial charge in [-0.2, -0.15) is 0 Å². The average molecular weight is 484 g/mol. The van der Waals surface area contributed by atoms with Crippen LogP contribution in [0.5, 0.6) is 17.2 Å². The topological polar surface area (TPSA) is 135 Å². The average Bonchev–Trinajstić information content (AvgIpc) is 2.87. The van der Waals surface area contributed by atoms with Gasteiger partial charge < -0.3 is 28.8 Å². The summed E-state index contributed by atoms with van der Waals surface area (Å²) >= 11 is 0. The zero-order valence-corrected chi connectivity index (χ0v) is 19.0. The molecule has 0 unspecified atom stereocenters. The van der Waals surface area contributed by atoms with Crippen LogP contribution in [0.3, 0.4) is 0 Å². The van der Waals surface area contributed by atoms with E-state index < -0.39 is 30.5 Å². The van der Waals surface area contributed by atoms with Gasteiger partial charge in [0.1, 0.15) is 30.5 Å². The van der Waals surface area contributed by atoms with Crippen LogP contribution in [0.25, 0.3) is 0 Å². The van der Waals surface area contributed by atoms with Crippen LogP contribution in [0.1, 0.15) is 16.8 Å². The summed E-state index contributed by atoms with van der Waals surface area (Å²) in [6.45, 7) is 6.39. The summed E-state index contributed by atoms with van der Waals surface area (Å²) in [6, 6.07) is 11.8. The molecule has 0 aliphatic heterocycles.